The van der Waals surface area contributed by atoms with E-state index in [2.05, 4.69) is 0 Å². The van der Waals surface area contributed by atoms with E-state index < -0.39 is 0 Å². The quantitative estimate of drug-likeness (QED) is 0.765. The van der Waals surface area contributed by atoms with Crippen molar-refractivity contribution in [3.05, 3.63) is 41.5 Å². The zero-order chi connectivity index (χ0) is 11.3. The van der Waals surface area contributed by atoms with E-state index in [-0.39, 0.29) is 18.3 Å². The summed E-state index contributed by atoms with van der Waals surface area (Å²) < 4.78 is 0. The first-order chi connectivity index (χ1) is 7.15. The Balaban J connectivity index is 2.81. The molecule has 15 heavy (non-hydrogen) atoms. The summed E-state index contributed by atoms with van der Waals surface area (Å²) in [5.74, 6) is 0.191. The minimum atomic E-state index is 0.0313. The van der Waals surface area contributed by atoms with Crippen molar-refractivity contribution in [2.24, 2.45) is 5.92 Å². The third kappa shape index (κ3) is 3.33. The van der Waals surface area contributed by atoms with E-state index in [4.69, 9.17) is 5.11 Å². The number of hydrogen-bond donors (Lipinski definition) is 1. The van der Waals surface area contributed by atoms with Crippen LogP contribution in [0.5, 0.6) is 0 Å². The molecule has 2 heteroatoms. The van der Waals surface area contributed by atoms with E-state index in [9.17, 15) is 4.79 Å². The number of hydrogen-bond acceptors (Lipinski definition) is 2. The molecule has 80 valence electrons. The Bertz CT molecular complexity index is 347. The van der Waals surface area contributed by atoms with E-state index in [0.29, 0.717) is 0 Å². The molecule has 1 N–H and O–H groups in total. The van der Waals surface area contributed by atoms with Gasteiger partial charge in [-0.25, -0.2) is 0 Å². The first-order valence-electron chi connectivity index (χ1n) is 5.07. The third-order valence-corrected chi connectivity index (χ3v) is 2.14. The van der Waals surface area contributed by atoms with Crippen LogP contribution in [-0.4, -0.2) is 17.5 Å². The average molecular weight is 204 g/mol. The van der Waals surface area contributed by atoms with Crippen LogP contribution in [0.15, 0.2) is 30.3 Å². The molecule has 0 saturated heterocycles. The topological polar surface area (TPSA) is 37.3 Å². The lowest BCUT2D eigenvalue weighted by molar-refractivity contribution is 0.0939. The first kappa shape index (κ1) is 11.7. The minimum absolute atomic E-state index is 0.0313. The summed E-state index contributed by atoms with van der Waals surface area (Å²) in [6.07, 6.45) is 3.49. The molecular weight excluding hydrogens is 188 g/mol. The minimum Gasteiger partial charge on any atom is -0.392 e. The molecule has 1 rings (SSSR count). The Hall–Kier alpha value is -1.41. The molecule has 0 radical (unpaired) electrons. The zero-order valence-electron chi connectivity index (χ0n) is 9.10. The maximum Gasteiger partial charge on any atom is 0.165 e. The molecule has 0 aliphatic heterocycles. The molecular formula is C13H16O2. The predicted octanol–water partition coefficient (Wildman–Crippen LogP) is 2.53. The van der Waals surface area contributed by atoms with E-state index in [1.165, 1.54) is 0 Å². The molecule has 0 bridgehead atoms. The molecule has 0 atom stereocenters. The number of aliphatic hydroxyl groups excluding tert-OH is 1. The van der Waals surface area contributed by atoms with Gasteiger partial charge < -0.3 is 5.11 Å². The highest BCUT2D eigenvalue weighted by molar-refractivity contribution is 5.97. The van der Waals surface area contributed by atoms with E-state index >= 15 is 0 Å². The largest absolute Gasteiger partial charge is 0.392 e. The number of benzene rings is 1. The summed E-state index contributed by atoms with van der Waals surface area (Å²) in [6.45, 7) is 3.82. The van der Waals surface area contributed by atoms with Crippen LogP contribution in [0.2, 0.25) is 0 Å². The van der Waals surface area contributed by atoms with Crippen molar-refractivity contribution >= 4 is 11.9 Å². The molecule has 1 aromatic carbocycles. The van der Waals surface area contributed by atoms with Crippen molar-refractivity contribution in [2.75, 3.05) is 6.61 Å². The van der Waals surface area contributed by atoms with Gasteiger partial charge in [0.25, 0.3) is 0 Å². The number of aliphatic hydroxyl groups is 1. The van der Waals surface area contributed by atoms with Gasteiger partial charge in [0.1, 0.15) is 0 Å². The molecule has 0 aliphatic rings. The molecule has 0 amide bonds. The normalized spacial score (nSPS) is 11.2. The molecule has 2 nitrogen and oxygen atoms in total. The van der Waals surface area contributed by atoms with Gasteiger partial charge >= 0.3 is 0 Å². The van der Waals surface area contributed by atoms with E-state index in [1.807, 2.05) is 44.2 Å². The number of carbonyl (C=O) groups is 1. The van der Waals surface area contributed by atoms with Crippen molar-refractivity contribution in [1.82, 2.24) is 0 Å². The number of Topliss-reactive ketones (excluding diaryl/α,β-unsaturated/α-hetero) is 1. The predicted molar refractivity (Wildman–Crippen MR) is 61.7 cm³/mol. The van der Waals surface area contributed by atoms with Crippen LogP contribution in [0.1, 0.15) is 29.8 Å². The second-order valence-corrected chi connectivity index (χ2v) is 3.73. The van der Waals surface area contributed by atoms with Crippen LogP contribution in [0.4, 0.5) is 0 Å². The summed E-state index contributed by atoms with van der Waals surface area (Å²) in [6, 6.07) is 7.39. The van der Waals surface area contributed by atoms with Crippen LogP contribution in [0.25, 0.3) is 6.08 Å². The standard InChI is InChI=1S/C13H16O2/c1-10(2)13(15)12-7-5-11(6-8-12)4-3-9-14/h3-8,10,14H,9H2,1-2H3. The highest BCUT2D eigenvalue weighted by Gasteiger charge is 2.08. The van der Waals surface area contributed by atoms with Crippen LogP contribution >= 0.6 is 0 Å². The van der Waals surface area contributed by atoms with Gasteiger partial charge in [-0.3, -0.25) is 4.79 Å². The van der Waals surface area contributed by atoms with Crippen molar-refractivity contribution in [3.63, 3.8) is 0 Å². The summed E-state index contributed by atoms with van der Waals surface area (Å²) in [4.78, 5) is 11.6. The summed E-state index contributed by atoms with van der Waals surface area (Å²) in [5.41, 5.74) is 1.73. The second kappa shape index (κ2) is 5.47. The van der Waals surface area contributed by atoms with E-state index in [0.717, 1.165) is 11.1 Å². The van der Waals surface area contributed by atoms with Gasteiger partial charge in [0.05, 0.1) is 6.61 Å². The van der Waals surface area contributed by atoms with Crippen LogP contribution in [0, 0.1) is 5.92 Å². The molecule has 0 aliphatic carbocycles. The highest BCUT2D eigenvalue weighted by Crippen LogP contribution is 2.10. The lowest BCUT2D eigenvalue weighted by Crippen LogP contribution is -2.06. The van der Waals surface area contributed by atoms with Gasteiger partial charge in [-0.2, -0.15) is 0 Å². The monoisotopic (exact) mass is 204 g/mol. The fourth-order valence-corrected chi connectivity index (χ4v) is 1.28. The van der Waals surface area contributed by atoms with Crippen molar-refractivity contribution in [1.29, 1.82) is 0 Å². The van der Waals surface area contributed by atoms with Gasteiger partial charge in [-0.05, 0) is 5.56 Å². The fourth-order valence-electron chi connectivity index (χ4n) is 1.28. The molecule has 0 unspecified atom stereocenters. The number of ketones is 1. The summed E-state index contributed by atoms with van der Waals surface area (Å²) in [5, 5.41) is 8.60. The SMILES string of the molecule is CC(C)C(=O)c1ccc(C=CCO)cc1. The van der Waals surface area contributed by atoms with Gasteiger partial charge in [0.2, 0.25) is 0 Å². The average Bonchev–Trinajstić information content (AvgIpc) is 2.26. The lowest BCUT2D eigenvalue weighted by atomic mass is 10.00. The number of rotatable bonds is 4. The molecule has 0 fully saturated rings. The van der Waals surface area contributed by atoms with Crippen LogP contribution in [-0.2, 0) is 0 Å². The Morgan fingerprint density at radius 2 is 1.93 bits per heavy atom. The molecule has 0 heterocycles. The van der Waals surface area contributed by atoms with Crippen LogP contribution in [0.3, 0.4) is 0 Å². The highest BCUT2D eigenvalue weighted by atomic mass is 16.2. The van der Waals surface area contributed by atoms with Gasteiger partial charge in [0.15, 0.2) is 5.78 Å². The third-order valence-electron chi connectivity index (χ3n) is 2.14. The lowest BCUT2D eigenvalue weighted by Gasteiger charge is -2.03. The zero-order valence-corrected chi connectivity index (χ0v) is 9.10. The molecule has 0 saturated carbocycles. The molecule has 1 aromatic rings. The Labute approximate surface area is 90.3 Å². The van der Waals surface area contributed by atoms with Crippen LogP contribution < -0.4 is 0 Å². The molecule has 0 spiro atoms. The Morgan fingerprint density at radius 1 is 1.33 bits per heavy atom. The smallest absolute Gasteiger partial charge is 0.165 e. The van der Waals surface area contributed by atoms with Crippen molar-refractivity contribution in [2.45, 2.75) is 13.8 Å². The second-order valence-electron chi connectivity index (χ2n) is 3.73. The number of carbonyl (C=O) groups excluding carboxylic acids is 1. The van der Waals surface area contributed by atoms with Crippen molar-refractivity contribution < 1.29 is 9.90 Å². The summed E-state index contributed by atoms with van der Waals surface area (Å²) in [7, 11) is 0. The van der Waals surface area contributed by atoms with Gasteiger partial charge in [-0.15, -0.1) is 0 Å². The van der Waals surface area contributed by atoms with Gasteiger partial charge in [-0.1, -0.05) is 50.3 Å². The maximum absolute atomic E-state index is 11.6. The Morgan fingerprint density at radius 3 is 2.40 bits per heavy atom. The van der Waals surface area contributed by atoms with Crippen molar-refractivity contribution in [3.8, 4) is 0 Å². The van der Waals surface area contributed by atoms with E-state index in [1.54, 1.807) is 6.08 Å². The molecule has 0 aromatic heterocycles. The first-order valence-corrected chi connectivity index (χ1v) is 5.07. The summed E-state index contributed by atoms with van der Waals surface area (Å²) >= 11 is 0. The fraction of sp³-hybridized carbons (Fsp3) is 0.308. The Kier molecular flexibility index (Phi) is 4.25. The van der Waals surface area contributed by atoms with Gasteiger partial charge in [0, 0.05) is 11.5 Å². The maximum atomic E-state index is 11.6.